The SMILES string of the molecule is CC[C@@H](C)N(CC(=O)O)C(=O)[C@@H]1COCCO1. The Hall–Kier alpha value is -1.14. The summed E-state index contributed by atoms with van der Waals surface area (Å²) in [6, 6.07) is -0.121. The molecule has 98 valence electrons. The third kappa shape index (κ3) is 3.98. The smallest absolute Gasteiger partial charge is 0.323 e. The minimum atomic E-state index is -1.02. The summed E-state index contributed by atoms with van der Waals surface area (Å²) in [5.41, 5.74) is 0. The Morgan fingerprint density at radius 1 is 1.47 bits per heavy atom. The number of amides is 1. The normalized spacial score (nSPS) is 21.9. The summed E-state index contributed by atoms with van der Waals surface area (Å²) < 4.78 is 10.4. The predicted octanol–water partition coefficient (Wildman–Crippen LogP) is 0.114. The number of nitrogens with zero attached hydrogens (tertiary/aromatic N) is 1. The summed E-state index contributed by atoms with van der Waals surface area (Å²) in [4.78, 5) is 24.2. The maximum absolute atomic E-state index is 12.1. The molecule has 1 N–H and O–H groups in total. The summed E-state index contributed by atoms with van der Waals surface area (Å²) >= 11 is 0. The number of carbonyl (C=O) groups is 2. The van der Waals surface area contributed by atoms with Crippen LogP contribution in [0, 0.1) is 0 Å². The molecule has 1 fully saturated rings. The predicted molar refractivity (Wildman–Crippen MR) is 59.7 cm³/mol. The van der Waals surface area contributed by atoms with Crippen LogP contribution in [0.5, 0.6) is 0 Å². The topological polar surface area (TPSA) is 76.1 Å². The standard InChI is InChI=1S/C11H19NO5/c1-3-8(2)12(6-10(13)14)11(15)9-7-16-4-5-17-9/h8-9H,3-7H2,1-2H3,(H,13,14)/t8-,9+/m1/s1. The van der Waals surface area contributed by atoms with Crippen LogP contribution in [0.15, 0.2) is 0 Å². The fourth-order valence-corrected chi connectivity index (χ4v) is 1.63. The molecule has 0 bridgehead atoms. The summed E-state index contributed by atoms with van der Waals surface area (Å²) in [5.74, 6) is -1.32. The minimum absolute atomic E-state index is 0.121. The van der Waals surface area contributed by atoms with Crippen molar-refractivity contribution in [2.24, 2.45) is 0 Å². The van der Waals surface area contributed by atoms with Crippen LogP contribution in [-0.2, 0) is 19.1 Å². The van der Waals surface area contributed by atoms with Gasteiger partial charge >= 0.3 is 5.97 Å². The number of carboxylic acid groups (broad SMARTS) is 1. The molecule has 0 aliphatic carbocycles. The molecule has 1 rings (SSSR count). The molecule has 1 aliphatic rings. The molecular weight excluding hydrogens is 226 g/mol. The van der Waals surface area contributed by atoms with E-state index in [1.807, 2.05) is 13.8 Å². The number of ether oxygens (including phenoxy) is 2. The van der Waals surface area contributed by atoms with Gasteiger partial charge in [0.15, 0.2) is 6.10 Å². The molecule has 2 atom stereocenters. The van der Waals surface area contributed by atoms with Crippen LogP contribution in [0.1, 0.15) is 20.3 Å². The largest absolute Gasteiger partial charge is 0.480 e. The van der Waals surface area contributed by atoms with Crippen LogP contribution in [0.3, 0.4) is 0 Å². The highest BCUT2D eigenvalue weighted by atomic mass is 16.6. The molecule has 1 amide bonds. The average molecular weight is 245 g/mol. The minimum Gasteiger partial charge on any atom is -0.480 e. The Morgan fingerprint density at radius 3 is 2.65 bits per heavy atom. The molecular formula is C11H19NO5. The zero-order valence-corrected chi connectivity index (χ0v) is 10.2. The van der Waals surface area contributed by atoms with Crippen LogP contribution >= 0.6 is 0 Å². The lowest BCUT2D eigenvalue weighted by molar-refractivity contribution is -0.163. The first-order chi connectivity index (χ1) is 8.06. The number of carbonyl (C=O) groups excluding carboxylic acids is 1. The van der Waals surface area contributed by atoms with Crippen molar-refractivity contribution in [2.75, 3.05) is 26.4 Å². The highest BCUT2D eigenvalue weighted by molar-refractivity contribution is 5.85. The van der Waals surface area contributed by atoms with Crippen molar-refractivity contribution in [3.05, 3.63) is 0 Å². The van der Waals surface area contributed by atoms with Crippen LogP contribution in [0.2, 0.25) is 0 Å². The Morgan fingerprint density at radius 2 is 2.18 bits per heavy atom. The van der Waals surface area contributed by atoms with E-state index < -0.39 is 12.1 Å². The summed E-state index contributed by atoms with van der Waals surface area (Å²) in [6.07, 6.45) is 0.0316. The maximum Gasteiger partial charge on any atom is 0.323 e. The van der Waals surface area contributed by atoms with Crippen molar-refractivity contribution in [1.29, 1.82) is 0 Å². The van der Waals surface area contributed by atoms with Crippen LogP contribution in [-0.4, -0.2) is 60.4 Å². The molecule has 6 nitrogen and oxygen atoms in total. The Bertz CT molecular complexity index is 275. The van der Waals surface area contributed by atoms with Crippen LogP contribution in [0.4, 0.5) is 0 Å². The van der Waals surface area contributed by atoms with Gasteiger partial charge in [0.05, 0.1) is 19.8 Å². The van der Waals surface area contributed by atoms with Gasteiger partial charge in [0.1, 0.15) is 6.54 Å². The second-order valence-electron chi connectivity index (χ2n) is 4.05. The summed E-state index contributed by atoms with van der Waals surface area (Å²) in [5, 5.41) is 8.81. The molecule has 1 aliphatic heterocycles. The van der Waals surface area contributed by atoms with E-state index in [9.17, 15) is 9.59 Å². The molecule has 0 saturated carbocycles. The highest BCUT2D eigenvalue weighted by Crippen LogP contribution is 2.10. The Labute approximate surface area is 100 Å². The van der Waals surface area contributed by atoms with Crippen molar-refractivity contribution >= 4 is 11.9 Å². The number of carboxylic acids is 1. The fourth-order valence-electron chi connectivity index (χ4n) is 1.63. The summed E-state index contributed by atoms with van der Waals surface area (Å²) in [6.45, 7) is 4.48. The van der Waals surface area contributed by atoms with Gasteiger partial charge in [0, 0.05) is 6.04 Å². The Balaban J connectivity index is 2.66. The van der Waals surface area contributed by atoms with E-state index in [1.54, 1.807) is 0 Å². The van der Waals surface area contributed by atoms with Crippen LogP contribution in [0.25, 0.3) is 0 Å². The van der Waals surface area contributed by atoms with E-state index in [2.05, 4.69) is 0 Å². The van der Waals surface area contributed by atoms with Crippen LogP contribution < -0.4 is 0 Å². The molecule has 0 radical (unpaired) electrons. The van der Waals surface area contributed by atoms with Gasteiger partial charge in [-0.2, -0.15) is 0 Å². The first-order valence-electron chi connectivity index (χ1n) is 5.77. The third-order valence-electron chi connectivity index (χ3n) is 2.80. The first-order valence-corrected chi connectivity index (χ1v) is 5.77. The lowest BCUT2D eigenvalue weighted by atomic mass is 10.2. The maximum atomic E-state index is 12.1. The van der Waals surface area contributed by atoms with Gasteiger partial charge in [-0.25, -0.2) is 0 Å². The lowest BCUT2D eigenvalue weighted by Crippen LogP contribution is -2.50. The van der Waals surface area contributed by atoms with E-state index in [0.717, 1.165) is 0 Å². The molecule has 0 spiro atoms. The highest BCUT2D eigenvalue weighted by Gasteiger charge is 2.30. The van der Waals surface area contributed by atoms with Crippen molar-refractivity contribution in [3.8, 4) is 0 Å². The first kappa shape index (κ1) is 13.9. The number of rotatable bonds is 5. The number of hydrogen-bond acceptors (Lipinski definition) is 4. The molecule has 17 heavy (non-hydrogen) atoms. The van der Waals surface area contributed by atoms with Gasteiger partial charge in [0.2, 0.25) is 0 Å². The number of hydrogen-bond donors (Lipinski definition) is 1. The van der Waals surface area contributed by atoms with E-state index in [-0.39, 0.29) is 25.1 Å². The second-order valence-corrected chi connectivity index (χ2v) is 4.05. The number of aliphatic carboxylic acids is 1. The van der Waals surface area contributed by atoms with E-state index in [1.165, 1.54) is 4.90 Å². The monoisotopic (exact) mass is 245 g/mol. The summed E-state index contributed by atoms with van der Waals surface area (Å²) in [7, 11) is 0. The van der Waals surface area contributed by atoms with Gasteiger partial charge in [-0.3, -0.25) is 9.59 Å². The van der Waals surface area contributed by atoms with E-state index >= 15 is 0 Å². The molecule has 6 heteroatoms. The molecule has 0 aromatic heterocycles. The average Bonchev–Trinajstić information content (AvgIpc) is 2.35. The van der Waals surface area contributed by atoms with E-state index in [0.29, 0.717) is 19.6 Å². The quantitative estimate of drug-likeness (QED) is 0.744. The third-order valence-corrected chi connectivity index (χ3v) is 2.80. The van der Waals surface area contributed by atoms with Gasteiger partial charge in [-0.05, 0) is 13.3 Å². The van der Waals surface area contributed by atoms with Gasteiger partial charge in [-0.15, -0.1) is 0 Å². The van der Waals surface area contributed by atoms with Crippen molar-refractivity contribution < 1.29 is 24.2 Å². The molecule has 0 aromatic carbocycles. The molecule has 0 unspecified atom stereocenters. The van der Waals surface area contributed by atoms with Gasteiger partial charge in [-0.1, -0.05) is 6.92 Å². The fraction of sp³-hybridized carbons (Fsp3) is 0.818. The van der Waals surface area contributed by atoms with Crippen molar-refractivity contribution in [2.45, 2.75) is 32.4 Å². The van der Waals surface area contributed by atoms with Crippen molar-refractivity contribution in [1.82, 2.24) is 4.90 Å². The van der Waals surface area contributed by atoms with Crippen molar-refractivity contribution in [3.63, 3.8) is 0 Å². The zero-order chi connectivity index (χ0) is 12.8. The second kappa shape index (κ2) is 6.56. The zero-order valence-electron chi connectivity index (χ0n) is 10.2. The molecule has 1 saturated heterocycles. The van der Waals surface area contributed by atoms with Gasteiger partial charge < -0.3 is 19.5 Å². The Kier molecular flexibility index (Phi) is 5.37. The molecule has 1 heterocycles. The lowest BCUT2D eigenvalue weighted by Gasteiger charge is -2.32. The molecule has 0 aromatic rings. The van der Waals surface area contributed by atoms with Gasteiger partial charge in [0.25, 0.3) is 5.91 Å². The van der Waals surface area contributed by atoms with E-state index in [4.69, 9.17) is 14.6 Å².